The summed E-state index contributed by atoms with van der Waals surface area (Å²) < 4.78 is 0. The predicted molar refractivity (Wildman–Crippen MR) is 144 cm³/mol. The number of rotatable bonds is 7. The van der Waals surface area contributed by atoms with Crippen LogP contribution in [-0.2, 0) is 25.8 Å². The summed E-state index contributed by atoms with van der Waals surface area (Å²) in [4.78, 5) is 0. The van der Waals surface area contributed by atoms with Gasteiger partial charge in [-0.05, 0) is 69.2 Å². The van der Waals surface area contributed by atoms with Crippen molar-refractivity contribution in [1.82, 2.24) is 0 Å². The van der Waals surface area contributed by atoms with Crippen LogP contribution in [0, 0.1) is 11.8 Å². The Bertz CT molecular complexity index is 1140. The number of hydrogen-bond acceptors (Lipinski definition) is 0. The van der Waals surface area contributed by atoms with E-state index in [0.29, 0.717) is 23.7 Å². The van der Waals surface area contributed by atoms with Crippen molar-refractivity contribution in [3.05, 3.63) is 119 Å². The summed E-state index contributed by atoms with van der Waals surface area (Å²) in [6, 6.07) is 36.8. The van der Waals surface area contributed by atoms with Crippen molar-refractivity contribution >= 4 is 0 Å². The average molecular weight is 781 g/mol. The molecule has 0 radical (unpaired) electrons. The minimum atomic E-state index is 0. The van der Waals surface area contributed by atoms with Gasteiger partial charge in [-0.25, -0.2) is 0 Å². The second-order valence-corrected chi connectivity index (χ2v) is 10.2. The molecule has 0 spiro atoms. The molecule has 0 aromatic heterocycles. The van der Waals surface area contributed by atoms with E-state index in [0.717, 1.165) is 0 Å². The fraction of sp³-hybridized carbons (Fsp3) is 0.294. The molecular weight excluding hydrogens is 747 g/mol. The van der Waals surface area contributed by atoms with Crippen LogP contribution in [0.5, 0.6) is 0 Å². The molecule has 0 amide bonds. The molecule has 0 N–H and O–H groups in total. The van der Waals surface area contributed by atoms with Gasteiger partial charge in [0.1, 0.15) is 0 Å². The number of fused-ring (bicyclic) bond motifs is 6. The summed E-state index contributed by atoms with van der Waals surface area (Å²) in [5.74, 6) is 2.17. The SMILES string of the molecule is CCCC(C1c2ccccc2-c2ccccc21)C(CCC)C1c2ccccc2-c2ccccc21.[Br-].[Br-].[Hf+2]. The Hall–Kier alpha value is -1.29. The Morgan fingerprint density at radius 1 is 0.459 bits per heavy atom. The smallest absolute Gasteiger partial charge is 1.00 e. The summed E-state index contributed by atoms with van der Waals surface area (Å²) in [6.45, 7) is 4.75. The maximum atomic E-state index is 2.40. The summed E-state index contributed by atoms with van der Waals surface area (Å²) in [6.07, 6.45) is 4.97. The number of hydrogen-bond donors (Lipinski definition) is 0. The van der Waals surface area contributed by atoms with Gasteiger partial charge in [-0.15, -0.1) is 0 Å². The molecule has 188 valence electrons. The van der Waals surface area contributed by atoms with Crippen molar-refractivity contribution in [2.24, 2.45) is 11.8 Å². The number of halogens is 2. The maximum absolute atomic E-state index is 2.40. The molecule has 4 aromatic rings. The maximum Gasteiger partial charge on any atom is 2.00 e. The topological polar surface area (TPSA) is 0 Å². The van der Waals surface area contributed by atoms with Crippen molar-refractivity contribution < 1.29 is 59.8 Å². The molecule has 0 nitrogen and oxygen atoms in total. The van der Waals surface area contributed by atoms with E-state index in [1.54, 1.807) is 22.3 Å². The van der Waals surface area contributed by atoms with Gasteiger partial charge in [-0.2, -0.15) is 0 Å². The Morgan fingerprint density at radius 3 is 0.946 bits per heavy atom. The molecule has 0 aliphatic heterocycles. The van der Waals surface area contributed by atoms with Crippen molar-refractivity contribution in [3.8, 4) is 22.3 Å². The van der Waals surface area contributed by atoms with E-state index in [2.05, 4.69) is 111 Å². The summed E-state index contributed by atoms with van der Waals surface area (Å²) in [5, 5.41) is 0. The van der Waals surface area contributed by atoms with Crippen LogP contribution in [0.15, 0.2) is 97.1 Å². The molecule has 6 rings (SSSR count). The molecule has 2 aliphatic carbocycles. The zero-order valence-corrected chi connectivity index (χ0v) is 28.4. The zero-order valence-electron chi connectivity index (χ0n) is 21.6. The first-order valence-electron chi connectivity index (χ1n) is 13.2. The second kappa shape index (κ2) is 13.2. The van der Waals surface area contributed by atoms with Crippen molar-refractivity contribution in [2.75, 3.05) is 0 Å². The van der Waals surface area contributed by atoms with Gasteiger partial charge in [0.25, 0.3) is 0 Å². The van der Waals surface area contributed by atoms with Gasteiger partial charge >= 0.3 is 25.8 Å². The van der Waals surface area contributed by atoms with E-state index in [1.807, 2.05) is 0 Å². The molecule has 0 heterocycles. The zero-order chi connectivity index (χ0) is 23.1. The molecule has 37 heavy (non-hydrogen) atoms. The molecule has 0 saturated carbocycles. The van der Waals surface area contributed by atoms with Gasteiger partial charge in [0.05, 0.1) is 0 Å². The van der Waals surface area contributed by atoms with Crippen LogP contribution in [0.4, 0.5) is 0 Å². The van der Waals surface area contributed by atoms with Crippen LogP contribution in [0.3, 0.4) is 0 Å². The quantitative estimate of drug-likeness (QED) is 0.253. The van der Waals surface area contributed by atoms with Gasteiger partial charge in [-0.1, -0.05) is 124 Å². The van der Waals surface area contributed by atoms with E-state index in [-0.39, 0.29) is 59.8 Å². The van der Waals surface area contributed by atoms with E-state index in [4.69, 9.17) is 0 Å². The van der Waals surface area contributed by atoms with Crippen molar-refractivity contribution in [3.63, 3.8) is 0 Å². The van der Waals surface area contributed by atoms with Crippen LogP contribution >= 0.6 is 0 Å². The minimum absolute atomic E-state index is 0. The standard InChI is InChI=1S/C34H34.2BrH.Hf/c1-3-13-27(33-29-19-9-5-15-23(29)24-16-6-10-20-30(24)33)28(14-4-2)34-31-21-11-7-17-25(31)26-18-8-12-22-32(26)34;;;/h5-12,15-22,27-28,33-34H,3-4,13-14H2,1-2H3;2*1H;/q;;;+2/p-2. The third-order valence-corrected chi connectivity index (χ3v) is 8.41. The molecule has 4 aromatic carbocycles. The van der Waals surface area contributed by atoms with E-state index >= 15 is 0 Å². The molecule has 2 unspecified atom stereocenters. The number of benzene rings is 4. The average Bonchev–Trinajstić information content (AvgIpc) is 3.40. The van der Waals surface area contributed by atoms with Crippen molar-refractivity contribution in [1.29, 1.82) is 0 Å². The van der Waals surface area contributed by atoms with E-state index < -0.39 is 0 Å². The van der Waals surface area contributed by atoms with Crippen LogP contribution < -0.4 is 34.0 Å². The Morgan fingerprint density at radius 2 is 0.703 bits per heavy atom. The summed E-state index contributed by atoms with van der Waals surface area (Å²) >= 11 is 0. The Labute approximate surface area is 262 Å². The second-order valence-electron chi connectivity index (χ2n) is 10.2. The normalized spacial score (nSPS) is 14.6. The van der Waals surface area contributed by atoms with E-state index in [1.165, 1.54) is 47.9 Å². The van der Waals surface area contributed by atoms with Gasteiger partial charge in [-0.3, -0.25) is 0 Å². The van der Waals surface area contributed by atoms with Crippen molar-refractivity contribution in [2.45, 2.75) is 51.4 Å². The fourth-order valence-electron chi connectivity index (χ4n) is 7.23. The molecular formula is C34H34Br2Hf. The summed E-state index contributed by atoms with van der Waals surface area (Å²) in [7, 11) is 0. The van der Waals surface area contributed by atoms with Gasteiger partial charge < -0.3 is 34.0 Å². The monoisotopic (exact) mass is 780 g/mol. The fourth-order valence-corrected chi connectivity index (χ4v) is 7.23. The molecule has 0 fully saturated rings. The molecule has 2 atom stereocenters. The van der Waals surface area contributed by atoms with Crippen LogP contribution in [0.2, 0.25) is 0 Å². The molecule has 0 saturated heterocycles. The Balaban J connectivity index is 0.00000127. The first-order valence-corrected chi connectivity index (χ1v) is 13.2. The largest absolute Gasteiger partial charge is 2.00 e. The first kappa shape index (κ1) is 30.3. The Kier molecular flexibility index (Phi) is 10.8. The van der Waals surface area contributed by atoms with Gasteiger partial charge in [0.2, 0.25) is 0 Å². The van der Waals surface area contributed by atoms with Crippen LogP contribution in [-0.4, -0.2) is 0 Å². The molecule has 2 aliphatic rings. The third kappa shape index (κ3) is 5.18. The predicted octanol–water partition coefficient (Wildman–Crippen LogP) is 3.45. The van der Waals surface area contributed by atoms with Crippen LogP contribution in [0.1, 0.15) is 73.6 Å². The minimum Gasteiger partial charge on any atom is -1.00 e. The van der Waals surface area contributed by atoms with E-state index in [9.17, 15) is 0 Å². The molecule has 3 heteroatoms. The first-order chi connectivity index (χ1) is 16.8. The van der Waals surface area contributed by atoms with Gasteiger partial charge in [0.15, 0.2) is 0 Å². The summed E-state index contributed by atoms with van der Waals surface area (Å²) in [5.41, 5.74) is 12.0. The molecule has 0 bridgehead atoms. The van der Waals surface area contributed by atoms with Gasteiger partial charge in [0, 0.05) is 11.8 Å². The third-order valence-electron chi connectivity index (χ3n) is 8.41. The van der Waals surface area contributed by atoms with Crippen LogP contribution in [0.25, 0.3) is 22.3 Å².